The highest BCUT2D eigenvalue weighted by molar-refractivity contribution is 6.05. The van der Waals surface area contributed by atoms with Crippen molar-refractivity contribution in [1.29, 1.82) is 0 Å². The van der Waals surface area contributed by atoms with Gasteiger partial charge in [0.25, 0.3) is 5.91 Å². The summed E-state index contributed by atoms with van der Waals surface area (Å²) in [6.07, 6.45) is 0.757. The second kappa shape index (κ2) is 8.95. The van der Waals surface area contributed by atoms with Crippen molar-refractivity contribution in [2.24, 2.45) is 0 Å². The summed E-state index contributed by atoms with van der Waals surface area (Å²) in [7, 11) is 0. The van der Waals surface area contributed by atoms with Crippen LogP contribution in [-0.4, -0.2) is 29.9 Å². The molecule has 0 aromatic heterocycles. The fourth-order valence-corrected chi connectivity index (χ4v) is 3.62. The summed E-state index contributed by atoms with van der Waals surface area (Å²) in [5.74, 6) is -1.50. The van der Waals surface area contributed by atoms with E-state index in [2.05, 4.69) is 5.32 Å². The van der Waals surface area contributed by atoms with Crippen molar-refractivity contribution in [2.75, 3.05) is 23.3 Å². The Bertz CT molecular complexity index is 1120. The van der Waals surface area contributed by atoms with Gasteiger partial charge in [-0.2, -0.15) is 0 Å². The molecule has 7 heteroatoms. The molecule has 31 heavy (non-hydrogen) atoms. The zero-order chi connectivity index (χ0) is 21.8. The first kappa shape index (κ1) is 20.5. The number of nitrogens with one attached hydrogen (secondary N) is 1. The summed E-state index contributed by atoms with van der Waals surface area (Å²) < 4.78 is 27.4. The van der Waals surface area contributed by atoms with Crippen LogP contribution < -0.4 is 10.2 Å². The molecule has 0 radical (unpaired) electrons. The number of benzene rings is 3. The third-order valence-electron chi connectivity index (χ3n) is 5.11. The highest BCUT2D eigenvalue weighted by Gasteiger charge is 2.27. The van der Waals surface area contributed by atoms with Gasteiger partial charge in [0.2, 0.25) is 0 Å². The lowest BCUT2D eigenvalue weighted by molar-refractivity contribution is 0.102. The lowest BCUT2D eigenvalue weighted by Crippen LogP contribution is -2.49. The molecular weight excluding hydrogens is 400 g/mol. The van der Waals surface area contributed by atoms with Crippen LogP contribution in [0.1, 0.15) is 22.3 Å². The van der Waals surface area contributed by atoms with Crippen LogP contribution in [0.5, 0.6) is 0 Å². The van der Waals surface area contributed by atoms with Crippen LogP contribution in [-0.2, 0) is 6.54 Å². The van der Waals surface area contributed by atoms with Gasteiger partial charge in [-0.15, -0.1) is 0 Å². The standard InChI is InChI=1S/C24H21F2N3O2/c25-18-7-3-6-17(14-18)16-28-12-5-13-29(24(28)31)20-9-4-8-19(15-20)27-23(30)21-10-1-2-11-22(21)26/h1-4,6-11,14-15H,5,12-13,16H2,(H,27,30). The average molecular weight is 421 g/mol. The van der Waals surface area contributed by atoms with Crippen molar-refractivity contribution >= 4 is 23.3 Å². The van der Waals surface area contributed by atoms with E-state index in [1.807, 2.05) is 0 Å². The van der Waals surface area contributed by atoms with Gasteiger partial charge < -0.3 is 10.2 Å². The SMILES string of the molecule is O=C(Nc1cccc(N2CCCN(Cc3cccc(F)c3)C2=O)c1)c1ccccc1F. The van der Waals surface area contributed by atoms with Crippen LogP contribution in [0.15, 0.2) is 72.8 Å². The van der Waals surface area contributed by atoms with E-state index >= 15 is 0 Å². The summed E-state index contributed by atoms with van der Waals surface area (Å²) in [4.78, 5) is 28.7. The first-order chi connectivity index (χ1) is 15.0. The smallest absolute Gasteiger partial charge is 0.322 e. The number of hydrogen-bond acceptors (Lipinski definition) is 2. The molecule has 0 aliphatic carbocycles. The zero-order valence-corrected chi connectivity index (χ0v) is 16.7. The van der Waals surface area contributed by atoms with Gasteiger partial charge >= 0.3 is 6.03 Å². The Balaban J connectivity index is 1.49. The van der Waals surface area contributed by atoms with Crippen LogP contribution in [0.2, 0.25) is 0 Å². The van der Waals surface area contributed by atoms with Crippen molar-refractivity contribution in [3.63, 3.8) is 0 Å². The molecule has 0 saturated carbocycles. The largest absolute Gasteiger partial charge is 0.324 e. The lowest BCUT2D eigenvalue weighted by atomic mass is 10.1. The highest BCUT2D eigenvalue weighted by Crippen LogP contribution is 2.25. The fourth-order valence-electron chi connectivity index (χ4n) is 3.62. The van der Waals surface area contributed by atoms with Gasteiger partial charge in [-0.3, -0.25) is 9.69 Å². The van der Waals surface area contributed by atoms with Gasteiger partial charge in [0.1, 0.15) is 11.6 Å². The molecular formula is C24H21F2N3O2. The Kier molecular flexibility index (Phi) is 5.93. The van der Waals surface area contributed by atoms with E-state index in [0.717, 1.165) is 12.0 Å². The van der Waals surface area contributed by atoms with E-state index in [1.165, 1.54) is 30.3 Å². The molecule has 1 heterocycles. The summed E-state index contributed by atoms with van der Waals surface area (Å²) >= 11 is 0. The van der Waals surface area contributed by atoms with Crippen LogP contribution in [0.25, 0.3) is 0 Å². The van der Waals surface area contributed by atoms with Crippen LogP contribution in [0.3, 0.4) is 0 Å². The normalized spacial score (nSPS) is 13.9. The second-order valence-corrected chi connectivity index (χ2v) is 7.32. The number of amides is 3. The van der Waals surface area contributed by atoms with Crippen molar-refractivity contribution in [1.82, 2.24) is 4.90 Å². The van der Waals surface area contributed by atoms with Gasteiger partial charge in [-0.05, 0) is 54.4 Å². The molecule has 0 atom stereocenters. The summed E-state index contributed by atoms with van der Waals surface area (Å²) in [6.45, 7) is 1.43. The van der Waals surface area contributed by atoms with E-state index in [4.69, 9.17) is 0 Å². The van der Waals surface area contributed by atoms with E-state index < -0.39 is 11.7 Å². The number of nitrogens with zero attached hydrogens (tertiary/aromatic N) is 2. The van der Waals surface area contributed by atoms with Crippen molar-refractivity contribution in [2.45, 2.75) is 13.0 Å². The Morgan fingerprint density at radius 2 is 1.74 bits per heavy atom. The number of carbonyl (C=O) groups excluding carboxylic acids is 2. The molecule has 3 aromatic rings. The summed E-state index contributed by atoms with van der Waals surface area (Å²) in [5.41, 5.74) is 1.76. The highest BCUT2D eigenvalue weighted by atomic mass is 19.1. The van der Waals surface area contributed by atoms with Gasteiger partial charge in [-0.25, -0.2) is 13.6 Å². The Morgan fingerprint density at radius 1 is 0.935 bits per heavy atom. The number of carbonyl (C=O) groups is 2. The van der Waals surface area contributed by atoms with Gasteiger partial charge in [-0.1, -0.05) is 30.3 Å². The molecule has 0 bridgehead atoms. The first-order valence-corrected chi connectivity index (χ1v) is 9.98. The number of urea groups is 1. The maximum absolute atomic E-state index is 13.9. The zero-order valence-electron chi connectivity index (χ0n) is 16.7. The monoisotopic (exact) mass is 421 g/mol. The average Bonchev–Trinajstić information content (AvgIpc) is 2.76. The Labute approximate surface area is 178 Å². The quantitative estimate of drug-likeness (QED) is 0.627. The number of halogens is 2. The third-order valence-corrected chi connectivity index (χ3v) is 5.11. The summed E-state index contributed by atoms with van der Waals surface area (Å²) in [6, 6.07) is 18.6. The van der Waals surface area contributed by atoms with E-state index in [0.29, 0.717) is 31.0 Å². The topological polar surface area (TPSA) is 52.7 Å². The predicted octanol–water partition coefficient (Wildman–Crippen LogP) is 5.05. The lowest BCUT2D eigenvalue weighted by Gasteiger charge is -2.36. The number of anilines is 2. The van der Waals surface area contributed by atoms with Crippen LogP contribution in [0, 0.1) is 11.6 Å². The first-order valence-electron chi connectivity index (χ1n) is 9.98. The molecule has 3 aromatic carbocycles. The molecule has 0 unspecified atom stereocenters. The molecule has 4 rings (SSSR count). The van der Waals surface area contributed by atoms with Gasteiger partial charge in [0, 0.05) is 31.0 Å². The van der Waals surface area contributed by atoms with E-state index in [-0.39, 0.29) is 17.4 Å². The van der Waals surface area contributed by atoms with E-state index in [1.54, 1.807) is 52.3 Å². The minimum Gasteiger partial charge on any atom is -0.322 e. The van der Waals surface area contributed by atoms with Crippen molar-refractivity contribution < 1.29 is 18.4 Å². The molecule has 1 saturated heterocycles. The van der Waals surface area contributed by atoms with Gasteiger partial charge in [0.15, 0.2) is 0 Å². The molecule has 1 aliphatic heterocycles. The fraction of sp³-hybridized carbons (Fsp3) is 0.167. The van der Waals surface area contributed by atoms with Gasteiger partial charge in [0.05, 0.1) is 5.56 Å². The Hall–Kier alpha value is -3.74. The summed E-state index contributed by atoms with van der Waals surface area (Å²) in [5, 5.41) is 2.68. The molecule has 1 fully saturated rings. The van der Waals surface area contributed by atoms with Crippen molar-refractivity contribution in [3.05, 3.63) is 95.6 Å². The molecule has 0 spiro atoms. The predicted molar refractivity (Wildman–Crippen MR) is 115 cm³/mol. The van der Waals surface area contributed by atoms with Crippen molar-refractivity contribution in [3.8, 4) is 0 Å². The molecule has 1 N–H and O–H groups in total. The van der Waals surface area contributed by atoms with Crippen LogP contribution in [0.4, 0.5) is 25.0 Å². The van der Waals surface area contributed by atoms with Crippen LogP contribution >= 0.6 is 0 Å². The number of hydrogen-bond donors (Lipinski definition) is 1. The van der Waals surface area contributed by atoms with E-state index in [9.17, 15) is 18.4 Å². The second-order valence-electron chi connectivity index (χ2n) is 7.32. The maximum atomic E-state index is 13.9. The number of rotatable bonds is 5. The molecule has 5 nitrogen and oxygen atoms in total. The molecule has 1 aliphatic rings. The third kappa shape index (κ3) is 4.71. The molecule has 3 amide bonds. The maximum Gasteiger partial charge on any atom is 0.324 e. The Morgan fingerprint density at radius 3 is 2.55 bits per heavy atom. The minimum absolute atomic E-state index is 0.0526. The molecule has 158 valence electrons. The minimum atomic E-state index is -0.602.